The highest BCUT2D eigenvalue weighted by atomic mass is 32.2. The van der Waals surface area contributed by atoms with Crippen molar-refractivity contribution in [2.45, 2.75) is 4.90 Å². The van der Waals surface area contributed by atoms with Gasteiger partial charge in [-0.3, -0.25) is 4.40 Å². The summed E-state index contributed by atoms with van der Waals surface area (Å²) in [4.78, 5) is 4.31. The van der Waals surface area contributed by atoms with Crippen molar-refractivity contribution in [3.05, 3.63) is 54.4 Å². The third kappa shape index (κ3) is 2.38. The molecule has 0 atom stereocenters. The van der Waals surface area contributed by atoms with Crippen LogP contribution >= 0.6 is 0 Å². The summed E-state index contributed by atoms with van der Waals surface area (Å²) in [7, 11) is -3.71. The highest BCUT2D eigenvalue weighted by Crippen LogP contribution is 2.22. The maximum Gasteiger partial charge on any atom is 0.238 e. The molecule has 0 bridgehead atoms. The Bertz CT molecular complexity index is 966. The van der Waals surface area contributed by atoms with E-state index < -0.39 is 10.0 Å². The van der Waals surface area contributed by atoms with Crippen LogP contribution in [0.25, 0.3) is 16.9 Å². The molecule has 0 saturated heterocycles. The van der Waals surface area contributed by atoms with Crippen LogP contribution in [0.3, 0.4) is 0 Å². The number of nitrogens with zero attached hydrogens (tertiary/aromatic N) is 3. The van der Waals surface area contributed by atoms with Gasteiger partial charge in [0.05, 0.1) is 22.3 Å². The van der Waals surface area contributed by atoms with Gasteiger partial charge in [-0.2, -0.15) is 5.26 Å². The van der Waals surface area contributed by atoms with Crippen molar-refractivity contribution in [2.24, 2.45) is 5.14 Å². The first-order valence-corrected chi connectivity index (χ1v) is 7.54. The van der Waals surface area contributed by atoms with Gasteiger partial charge in [-0.05, 0) is 24.3 Å². The minimum atomic E-state index is -3.71. The summed E-state index contributed by atoms with van der Waals surface area (Å²) in [5.74, 6) is 0. The summed E-state index contributed by atoms with van der Waals surface area (Å²) in [6.07, 6.45) is 3.35. The molecule has 0 aliphatic carbocycles. The lowest BCUT2D eigenvalue weighted by Gasteiger charge is -2.04. The number of sulfonamides is 1. The SMILES string of the molecule is N#Cc1ccc2ncc(-c3ccc(S(N)(=O)=O)cc3)n2c1. The third-order valence-corrected chi connectivity index (χ3v) is 4.04. The molecule has 2 N–H and O–H groups in total. The van der Waals surface area contributed by atoms with E-state index in [9.17, 15) is 8.42 Å². The Morgan fingerprint density at radius 3 is 2.48 bits per heavy atom. The Morgan fingerprint density at radius 1 is 1.14 bits per heavy atom. The fourth-order valence-corrected chi connectivity index (χ4v) is 2.59. The first-order chi connectivity index (χ1) is 9.99. The Balaban J connectivity index is 2.15. The summed E-state index contributed by atoms with van der Waals surface area (Å²) in [6.45, 7) is 0. The third-order valence-electron chi connectivity index (χ3n) is 3.11. The van der Waals surface area contributed by atoms with Gasteiger partial charge in [0.15, 0.2) is 0 Å². The number of fused-ring (bicyclic) bond motifs is 1. The molecule has 2 heterocycles. The van der Waals surface area contributed by atoms with Gasteiger partial charge in [0.25, 0.3) is 0 Å². The van der Waals surface area contributed by atoms with Crippen LogP contribution in [0, 0.1) is 11.3 Å². The van der Waals surface area contributed by atoms with Crippen LogP contribution < -0.4 is 5.14 Å². The number of pyridine rings is 1. The number of aromatic nitrogens is 2. The van der Waals surface area contributed by atoms with Gasteiger partial charge in [-0.15, -0.1) is 0 Å². The van der Waals surface area contributed by atoms with Gasteiger partial charge < -0.3 is 0 Å². The van der Waals surface area contributed by atoms with Crippen molar-refractivity contribution in [1.82, 2.24) is 9.38 Å². The molecule has 3 aromatic rings. The fourth-order valence-electron chi connectivity index (χ4n) is 2.08. The molecule has 0 amide bonds. The van der Waals surface area contributed by atoms with Crippen molar-refractivity contribution in [2.75, 3.05) is 0 Å². The lowest BCUT2D eigenvalue weighted by molar-refractivity contribution is 0.598. The highest BCUT2D eigenvalue weighted by Gasteiger charge is 2.10. The Morgan fingerprint density at radius 2 is 1.86 bits per heavy atom. The normalized spacial score (nSPS) is 11.4. The molecule has 0 fully saturated rings. The Kier molecular flexibility index (Phi) is 2.97. The minimum absolute atomic E-state index is 0.0535. The number of hydrogen-bond donors (Lipinski definition) is 1. The molecule has 1 aromatic carbocycles. The van der Waals surface area contributed by atoms with Crippen molar-refractivity contribution >= 4 is 15.7 Å². The zero-order valence-electron chi connectivity index (χ0n) is 10.8. The second kappa shape index (κ2) is 4.70. The van der Waals surface area contributed by atoms with Crippen LogP contribution in [0.4, 0.5) is 0 Å². The van der Waals surface area contributed by atoms with Crippen LogP contribution in [-0.4, -0.2) is 17.8 Å². The van der Waals surface area contributed by atoms with E-state index in [1.807, 2.05) is 0 Å². The molecule has 104 valence electrons. The van der Waals surface area contributed by atoms with Gasteiger partial charge in [0.2, 0.25) is 10.0 Å². The molecule has 0 aliphatic heterocycles. The van der Waals surface area contributed by atoms with E-state index in [0.717, 1.165) is 11.3 Å². The van der Waals surface area contributed by atoms with E-state index in [-0.39, 0.29) is 4.90 Å². The maximum absolute atomic E-state index is 11.3. The molecule has 0 spiro atoms. The summed E-state index contributed by atoms with van der Waals surface area (Å²) in [5.41, 5.74) is 2.77. The number of rotatable bonds is 2. The molecule has 6 nitrogen and oxygen atoms in total. The Hall–Kier alpha value is -2.69. The standard InChI is InChI=1S/C14H10N4O2S/c15-7-10-1-6-14-17-8-13(18(14)9-10)11-2-4-12(5-3-11)21(16,19)20/h1-6,8-9H,(H2,16,19,20). The van der Waals surface area contributed by atoms with Gasteiger partial charge in [-0.1, -0.05) is 12.1 Å². The van der Waals surface area contributed by atoms with Crippen molar-refractivity contribution in [1.29, 1.82) is 5.26 Å². The van der Waals surface area contributed by atoms with Gasteiger partial charge in [-0.25, -0.2) is 18.5 Å². The smallest absolute Gasteiger partial charge is 0.238 e. The summed E-state index contributed by atoms with van der Waals surface area (Å²) in [6, 6.07) is 11.7. The summed E-state index contributed by atoms with van der Waals surface area (Å²) >= 11 is 0. The molecule has 3 rings (SSSR count). The van der Waals surface area contributed by atoms with Crippen LogP contribution in [0.5, 0.6) is 0 Å². The predicted octanol–water partition coefficient (Wildman–Crippen LogP) is 1.52. The van der Waals surface area contributed by atoms with Gasteiger partial charge >= 0.3 is 0 Å². The molecular formula is C14H10N4O2S. The fraction of sp³-hybridized carbons (Fsp3) is 0. The first-order valence-electron chi connectivity index (χ1n) is 5.99. The molecule has 0 unspecified atom stereocenters. The van der Waals surface area contributed by atoms with E-state index in [1.54, 1.807) is 41.1 Å². The van der Waals surface area contributed by atoms with Crippen molar-refractivity contribution in [3.8, 4) is 17.3 Å². The van der Waals surface area contributed by atoms with E-state index in [4.69, 9.17) is 10.4 Å². The monoisotopic (exact) mass is 298 g/mol. The van der Waals surface area contributed by atoms with Crippen molar-refractivity contribution in [3.63, 3.8) is 0 Å². The number of hydrogen-bond acceptors (Lipinski definition) is 4. The maximum atomic E-state index is 11.3. The second-order valence-corrected chi connectivity index (χ2v) is 6.03. The number of nitriles is 1. The molecule has 0 radical (unpaired) electrons. The molecule has 2 aromatic heterocycles. The van der Waals surface area contributed by atoms with Crippen LogP contribution in [-0.2, 0) is 10.0 Å². The number of primary sulfonamides is 1. The zero-order chi connectivity index (χ0) is 15.0. The predicted molar refractivity (Wildman–Crippen MR) is 76.7 cm³/mol. The largest absolute Gasteiger partial charge is 0.298 e. The average Bonchev–Trinajstić information content (AvgIpc) is 2.89. The molecular weight excluding hydrogens is 288 g/mol. The topological polar surface area (TPSA) is 101 Å². The number of benzene rings is 1. The van der Waals surface area contributed by atoms with E-state index in [0.29, 0.717) is 11.2 Å². The molecule has 7 heteroatoms. The molecule has 0 aliphatic rings. The van der Waals surface area contributed by atoms with Gasteiger partial charge in [0, 0.05) is 11.8 Å². The summed E-state index contributed by atoms with van der Waals surface area (Å²) < 4.78 is 24.3. The molecule has 21 heavy (non-hydrogen) atoms. The lowest BCUT2D eigenvalue weighted by Crippen LogP contribution is -2.11. The summed E-state index contributed by atoms with van der Waals surface area (Å²) in [5, 5.41) is 14.0. The van der Waals surface area contributed by atoms with E-state index in [2.05, 4.69) is 11.1 Å². The average molecular weight is 298 g/mol. The lowest BCUT2D eigenvalue weighted by atomic mass is 10.2. The van der Waals surface area contributed by atoms with Crippen LogP contribution in [0.1, 0.15) is 5.56 Å². The van der Waals surface area contributed by atoms with Crippen LogP contribution in [0.2, 0.25) is 0 Å². The number of nitrogens with two attached hydrogens (primary N) is 1. The van der Waals surface area contributed by atoms with Crippen LogP contribution in [0.15, 0.2) is 53.7 Å². The number of imidazole rings is 1. The highest BCUT2D eigenvalue weighted by molar-refractivity contribution is 7.89. The second-order valence-electron chi connectivity index (χ2n) is 4.47. The zero-order valence-corrected chi connectivity index (χ0v) is 11.6. The van der Waals surface area contributed by atoms with E-state index in [1.165, 1.54) is 12.1 Å². The first kappa shape index (κ1) is 13.3. The minimum Gasteiger partial charge on any atom is -0.298 e. The quantitative estimate of drug-likeness (QED) is 0.775. The van der Waals surface area contributed by atoms with Crippen molar-refractivity contribution < 1.29 is 8.42 Å². The Labute approximate surface area is 121 Å². The van der Waals surface area contributed by atoms with E-state index >= 15 is 0 Å². The molecule has 0 saturated carbocycles. The van der Waals surface area contributed by atoms with Gasteiger partial charge in [0.1, 0.15) is 11.7 Å².